The fourth-order valence-electron chi connectivity index (χ4n) is 1.99. The molecule has 1 aliphatic rings. The van der Waals surface area contributed by atoms with Gasteiger partial charge in [0.2, 0.25) is 0 Å². The molecular formula is C12H17BrN2. The van der Waals surface area contributed by atoms with Crippen molar-refractivity contribution in [1.29, 1.82) is 0 Å². The second kappa shape index (κ2) is 4.05. The van der Waals surface area contributed by atoms with E-state index in [-0.39, 0.29) is 0 Å². The van der Waals surface area contributed by atoms with Crippen LogP contribution in [-0.2, 0) is 0 Å². The average molecular weight is 269 g/mol. The molecule has 2 nitrogen and oxygen atoms in total. The molecule has 3 heteroatoms. The number of halogens is 1. The lowest BCUT2D eigenvalue weighted by molar-refractivity contribution is 0.711. The molecule has 0 saturated heterocycles. The minimum absolute atomic E-state index is 0.535. The summed E-state index contributed by atoms with van der Waals surface area (Å²) in [5, 5.41) is 3.56. The summed E-state index contributed by atoms with van der Waals surface area (Å²) in [6.45, 7) is 5.47. The molecule has 1 unspecified atom stereocenters. The lowest BCUT2D eigenvalue weighted by atomic mass is 10.2. The molecule has 0 amide bonds. The fraction of sp³-hybridized carbons (Fsp3) is 0.500. The molecule has 0 saturated carbocycles. The van der Waals surface area contributed by atoms with Crippen molar-refractivity contribution in [2.45, 2.75) is 26.3 Å². The first-order valence-corrected chi connectivity index (χ1v) is 6.15. The van der Waals surface area contributed by atoms with E-state index in [1.807, 2.05) is 0 Å². The van der Waals surface area contributed by atoms with Crippen molar-refractivity contribution in [3.63, 3.8) is 0 Å². The van der Waals surface area contributed by atoms with E-state index in [9.17, 15) is 0 Å². The highest BCUT2D eigenvalue weighted by Crippen LogP contribution is 2.36. The van der Waals surface area contributed by atoms with Gasteiger partial charge < -0.3 is 10.2 Å². The SMILES string of the molecule is Cc1cc(Br)c2c(c1)N(C)CCC(C)N2. The molecule has 1 atom stereocenters. The highest BCUT2D eigenvalue weighted by atomic mass is 79.9. The molecule has 1 aliphatic heterocycles. The lowest BCUT2D eigenvalue weighted by Gasteiger charge is -2.20. The van der Waals surface area contributed by atoms with Crippen LogP contribution in [0.2, 0.25) is 0 Å². The van der Waals surface area contributed by atoms with Crippen LogP contribution in [0, 0.1) is 6.92 Å². The second-order valence-electron chi connectivity index (χ2n) is 4.40. The standard InChI is InChI=1S/C12H17BrN2/c1-8-6-10(13)12-11(7-8)15(3)5-4-9(2)14-12/h6-7,9,14H,4-5H2,1-3H3. The van der Waals surface area contributed by atoms with Gasteiger partial charge >= 0.3 is 0 Å². The molecular weight excluding hydrogens is 252 g/mol. The zero-order valence-corrected chi connectivity index (χ0v) is 11.1. The molecule has 1 aromatic carbocycles. The van der Waals surface area contributed by atoms with E-state index >= 15 is 0 Å². The topological polar surface area (TPSA) is 15.3 Å². The molecule has 0 spiro atoms. The van der Waals surface area contributed by atoms with E-state index in [4.69, 9.17) is 0 Å². The molecule has 0 fully saturated rings. The largest absolute Gasteiger partial charge is 0.380 e. The molecule has 1 heterocycles. The van der Waals surface area contributed by atoms with Crippen LogP contribution in [0.3, 0.4) is 0 Å². The number of anilines is 2. The third-order valence-electron chi connectivity index (χ3n) is 2.91. The van der Waals surface area contributed by atoms with Crippen molar-refractivity contribution in [1.82, 2.24) is 0 Å². The summed E-state index contributed by atoms with van der Waals surface area (Å²) in [5.74, 6) is 0. The lowest BCUT2D eigenvalue weighted by Crippen LogP contribution is -2.19. The zero-order chi connectivity index (χ0) is 11.0. The van der Waals surface area contributed by atoms with Crippen LogP contribution >= 0.6 is 15.9 Å². The molecule has 0 aromatic heterocycles. The minimum atomic E-state index is 0.535. The Kier molecular flexibility index (Phi) is 2.91. The van der Waals surface area contributed by atoms with Crippen LogP contribution in [0.5, 0.6) is 0 Å². The van der Waals surface area contributed by atoms with Gasteiger partial charge in [-0.3, -0.25) is 0 Å². The Balaban J connectivity index is 2.52. The van der Waals surface area contributed by atoms with Crippen LogP contribution in [0.15, 0.2) is 16.6 Å². The smallest absolute Gasteiger partial charge is 0.0724 e. The molecule has 0 aliphatic carbocycles. The number of hydrogen-bond acceptors (Lipinski definition) is 2. The van der Waals surface area contributed by atoms with Gasteiger partial charge in [-0.05, 0) is 53.9 Å². The summed E-state index contributed by atoms with van der Waals surface area (Å²) >= 11 is 3.63. The summed E-state index contributed by atoms with van der Waals surface area (Å²) in [6, 6.07) is 4.94. The maximum Gasteiger partial charge on any atom is 0.0724 e. The van der Waals surface area contributed by atoms with E-state index in [0.717, 1.165) is 11.0 Å². The van der Waals surface area contributed by atoms with Crippen LogP contribution in [0.4, 0.5) is 11.4 Å². The Bertz CT molecular complexity index is 376. The van der Waals surface area contributed by atoms with E-state index in [1.165, 1.54) is 23.4 Å². The summed E-state index contributed by atoms with van der Waals surface area (Å²) < 4.78 is 1.16. The maximum absolute atomic E-state index is 3.63. The number of nitrogens with one attached hydrogen (secondary N) is 1. The van der Waals surface area contributed by atoms with Crippen molar-refractivity contribution in [2.75, 3.05) is 23.8 Å². The van der Waals surface area contributed by atoms with Gasteiger partial charge in [-0.15, -0.1) is 0 Å². The predicted octanol–water partition coefficient (Wildman–Crippen LogP) is 3.40. The van der Waals surface area contributed by atoms with Gasteiger partial charge in [0.05, 0.1) is 11.4 Å². The fourth-order valence-corrected chi connectivity index (χ4v) is 2.67. The molecule has 15 heavy (non-hydrogen) atoms. The summed E-state index contributed by atoms with van der Waals surface area (Å²) in [6.07, 6.45) is 1.18. The van der Waals surface area contributed by atoms with Crippen LogP contribution < -0.4 is 10.2 Å². The number of hydrogen-bond donors (Lipinski definition) is 1. The van der Waals surface area contributed by atoms with Gasteiger partial charge in [0.1, 0.15) is 0 Å². The van der Waals surface area contributed by atoms with Crippen LogP contribution in [0.25, 0.3) is 0 Å². The highest BCUT2D eigenvalue weighted by Gasteiger charge is 2.18. The van der Waals surface area contributed by atoms with Crippen LogP contribution in [-0.4, -0.2) is 19.6 Å². The maximum atomic E-state index is 3.63. The van der Waals surface area contributed by atoms with E-state index in [2.05, 4.69) is 59.2 Å². The highest BCUT2D eigenvalue weighted by molar-refractivity contribution is 9.10. The molecule has 2 rings (SSSR count). The van der Waals surface area contributed by atoms with Crippen LogP contribution in [0.1, 0.15) is 18.9 Å². The number of rotatable bonds is 0. The Morgan fingerprint density at radius 2 is 2.20 bits per heavy atom. The van der Waals surface area contributed by atoms with Crippen molar-refractivity contribution in [3.8, 4) is 0 Å². The third-order valence-corrected chi connectivity index (χ3v) is 3.54. The molecule has 0 bridgehead atoms. The third kappa shape index (κ3) is 2.12. The summed E-state index contributed by atoms with van der Waals surface area (Å²) in [5.41, 5.74) is 3.82. The van der Waals surface area contributed by atoms with Gasteiger partial charge in [-0.1, -0.05) is 0 Å². The molecule has 1 N–H and O–H groups in total. The first-order valence-electron chi connectivity index (χ1n) is 5.36. The summed E-state index contributed by atoms with van der Waals surface area (Å²) in [4.78, 5) is 2.32. The van der Waals surface area contributed by atoms with E-state index in [0.29, 0.717) is 6.04 Å². The van der Waals surface area contributed by atoms with Gasteiger partial charge in [0.25, 0.3) is 0 Å². The van der Waals surface area contributed by atoms with Gasteiger partial charge in [-0.25, -0.2) is 0 Å². The van der Waals surface area contributed by atoms with Crippen molar-refractivity contribution in [2.24, 2.45) is 0 Å². The zero-order valence-electron chi connectivity index (χ0n) is 9.47. The Morgan fingerprint density at radius 3 is 2.93 bits per heavy atom. The van der Waals surface area contributed by atoms with Gasteiger partial charge in [-0.2, -0.15) is 0 Å². The van der Waals surface area contributed by atoms with Gasteiger partial charge in [0, 0.05) is 24.1 Å². The number of benzene rings is 1. The van der Waals surface area contributed by atoms with Crippen molar-refractivity contribution in [3.05, 3.63) is 22.2 Å². The van der Waals surface area contributed by atoms with E-state index < -0.39 is 0 Å². The monoisotopic (exact) mass is 268 g/mol. The van der Waals surface area contributed by atoms with Crippen molar-refractivity contribution >= 4 is 27.3 Å². The number of aryl methyl sites for hydroxylation is 1. The molecule has 82 valence electrons. The second-order valence-corrected chi connectivity index (χ2v) is 5.25. The minimum Gasteiger partial charge on any atom is -0.380 e. The predicted molar refractivity (Wildman–Crippen MR) is 69.9 cm³/mol. The average Bonchev–Trinajstić information content (AvgIpc) is 2.30. The summed E-state index contributed by atoms with van der Waals surface area (Å²) in [7, 11) is 2.16. The Morgan fingerprint density at radius 1 is 1.47 bits per heavy atom. The number of nitrogens with zero attached hydrogens (tertiary/aromatic N) is 1. The normalized spacial score (nSPS) is 20.5. The van der Waals surface area contributed by atoms with Gasteiger partial charge in [0.15, 0.2) is 0 Å². The van der Waals surface area contributed by atoms with Crippen molar-refractivity contribution < 1.29 is 0 Å². The quantitative estimate of drug-likeness (QED) is 0.776. The first kappa shape index (κ1) is 10.8. The molecule has 0 radical (unpaired) electrons. The number of fused-ring (bicyclic) bond motifs is 1. The Labute approximate surface area is 99.8 Å². The molecule has 1 aromatic rings. The Hall–Kier alpha value is -0.700. The van der Waals surface area contributed by atoms with E-state index in [1.54, 1.807) is 0 Å². The first-order chi connectivity index (χ1) is 7.08.